The number of hydrogen-bond acceptors (Lipinski definition) is 6. The molecule has 0 fully saturated rings. The number of rotatable bonds is 4. The van der Waals surface area contributed by atoms with E-state index in [-0.39, 0.29) is 5.56 Å². The standard InChI is InChI=1S/C22H20FN3O5S/c1-31-21(27)12-8-9-18(23)19(10-12)32(29,30)26-22(28)25-20-15-6-2-4-13(15)17(11-24)14-5-3-7-16(14)20/h8-10H,2-7H2,1H3,(H2,25,26,28). The van der Waals surface area contributed by atoms with Crippen molar-refractivity contribution in [2.24, 2.45) is 0 Å². The third-order valence-electron chi connectivity index (χ3n) is 5.86. The van der Waals surface area contributed by atoms with Crippen molar-refractivity contribution in [3.63, 3.8) is 0 Å². The van der Waals surface area contributed by atoms with Crippen molar-refractivity contribution in [1.29, 1.82) is 5.26 Å². The molecule has 0 radical (unpaired) electrons. The van der Waals surface area contributed by atoms with Gasteiger partial charge in [0.2, 0.25) is 0 Å². The third-order valence-corrected chi connectivity index (χ3v) is 7.21. The maximum atomic E-state index is 14.2. The third kappa shape index (κ3) is 3.69. The summed E-state index contributed by atoms with van der Waals surface area (Å²) in [7, 11) is -3.50. The molecule has 0 saturated heterocycles. The molecule has 10 heteroatoms. The van der Waals surface area contributed by atoms with E-state index in [4.69, 9.17) is 0 Å². The Labute approximate surface area is 184 Å². The summed E-state index contributed by atoms with van der Waals surface area (Å²) in [5.41, 5.74) is 4.57. The Bertz CT molecular complexity index is 1260. The van der Waals surface area contributed by atoms with Gasteiger partial charge in [0.05, 0.1) is 24.3 Å². The number of halogens is 1. The lowest BCUT2D eigenvalue weighted by atomic mass is 9.93. The maximum Gasteiger partial charge on any atom is 0.337 e. The molecule has 0 heterocycles. The van der Waals surface area contributed by atoms with Crippen molar-refractivity contribution in [2.45, 2.75) is 43.4 Å². The highest BCUT2D eigenvalue weighted by molar-refractivity contribution is 7.90. The fourth-order valence-electron chi connectivity index (χ4n) is 4.51. The van der Waals surface area contributed by atoms with Gasteiger partial charge in [-0.1, -0.05) is 0 Å². The number of ether oxygens (including phenoxy) is 1. The second kappa shape index (κ2) is 8.24. The van der Waals surface area contributed by atoms with Crippen LogP contribution < -0.4 is 10.0 Å². The van der Waals surface area contributed by atoms with E-state index in [2.05, 4.69) is 16.1 Å². The van der Waals surface area contributed by atoms with Crippen LogP contribution in [0.1, 0.15) is 51.0 Å². The van der Waals surface area contributed by atoms with Crippen LogP contribution in [0.4, 0.5) is 14.9 Å². The number of nitriles is 1. The zero-order valence-electron chi connectivity index (χ0n) is 17.2. The van der Waals surface area contributed by atoms with Crippen LogP contribution >= 0.6 is 0 Å². The van der Waals surface area contributed by atoms with Crippen LogP contribution in [-0.2, 0) is 40.4 Å². The van der Waals surface area contributed by atoms with Crippen LogP contribution in [-0.4, -0.2) is 27.5 Å². The van der Waals surface area contributed by atoms with Crippen LogP contribution in [0.15, 0.2) is 23.1 Å². The summed E-state index contributed by atoms with van der Waals surface area (Å²) in [5, 5.41) is 12.3. The molecule has 0 spiro atoms. The number of methoxy groups -OCH3 is 1. The molecule has 2 N–H and O–H groups in total. The van der Waals surface area contributed by atoms with Gasteiger partial charge in [-0.3, -0.25) is 0 Å². The summed E-state index contributed by atoms with van der Waals surface area (Å²) in [6.07, 6.45) is 4.49. The molecule has 2 amide bonds. The Morgan fingerprint density at radius 3 is 2.22 bits per heavy atom. The predicted molar refractivity (Wildman–Crippen MR) is 112 cm³/mol. The van der Waals surface area contributed by atoms with Gasteiger partial charge in [0.1, 0.15) is 10.7 Å². The zero-order chi connectivity index (χ0) is 23.0. The Morgan fingerprint density at radius 1 is 1.06 bits per heavy atom. The van der Waals surface area contributed by atoms with E-state index in [0.717, 1.165) is 73.2 Å². The second-order valence-electron chi connectivity index (χ2n) is 7.68. The molecule has 0 bridgehead atoms. The molecule has 2 aliphatic rings. The van der Waals surface area contributed by atoms with E-state index in [1.807, 2.05) is 4.72 Å². The van der Waals surface area contributed by atoms with Gasteiger partial charge in [0.25, 0.3) is 10.0 Å². The molecule has 0 aromatic heterocycles. The average molecular weight is 457 g/mol. The highest BCUT2D eigenvalue weighted by Gasteiger charge is 2.30. The molecule has 0 aliphatic heterocycles. The summed E-state index contributed by atoms with van der Waals surface area (Å²) in [6.45, 7) is 0. The monoisotopic (exact) mass is 457 g/mol. The first-order valence-corrected chi connectivity index (χ1v) is 11.6. The molecule has 0 saturated carbocycles. The minimum atomic E-state index is -4.61. The summed E-state index contributed by atoms with van der Waals surface area (Å²) in [6, 6.07) is 3.97. The van der Waals surface area contributed by atoms with Gasteiger partial charge in [-0.15, -0.1) is 0 Å². The molecule has 2 aromatic carbocycles. The second-order valence-corrected chi connectivity index (χ2v) is 9.33. The van der Waals surface area contributed by atoms with Crippen LogP contribution in [0.5, 0.6) is 0 Å². The normalized spacial score (nSPS) is 14.3. The van der Waals surface area contributed by atoms with Gasteiger partial charge < -0.3 is 10.1 Å². The number of nitrogens with zero attached hydrogens (tertiary/aromatic N) is 1. The van der Waals surface area contributed by atoms with Crippen LogP contribution in [0, 0.1) is 17.1 Å². The Hall–Kier alpha value is -3.45. The van der Waals surface area contributed by atoms with Gasteiger partial charge in [0, 0.05) is 5.69 Å². The number of sulfonamides is 1. The highest BCUT2D eigenvalue weighted by Crippen LogP contribution is 2.41. The summed E-state index contributed by atoms with van der Waals surface area (Å²) in [5.74, 6) is -1.95. The first-order valence-electron chi connectivity index (χ1n) is 10.1. The number of urea groups is 1. The SMILES string of the molecule is COC(=O)c1ccc(F)c(S(=O)(=O)NC(=O)Nc2c3c(c(C#N)c4c2CCC4)CCC3)c1. The quantitative estimate of drug-likeness (QED) is 0.680. The molecule has 2 aromatic rings. The van der Waals surface area contributed by atoms with E-state index in [9.17, 15) is 27.7 Å². The smallest absolute Gasteiger partial charge is 0.337 e. The minimum Gasteiger partial charge on any atom is -0.465 e. The first-order chi connectivity index (χ1) is 15.3. The molecular formula is C22H20FN3O5S. The lowest BCUT2D eigenvalue weighted by Gasteiger charge is -2.18. The molecule has 0 unspecified atom stereocenters. The van der Waals surface area contributed by atoms with E-state index in [1.165, 1.54) is 0 Å². The van der Waals surface area contributed by atoms with Gasteiger partial charge in [-0.05, 0) is 79.0 Å². The number of benzene rings is 2. The fraction of sp³-hybridized carbons (Fsp3) is 0.318. The van der Waals surface area contributed by atoms with Gasteiger partial charge in [-0.2, -0.15) is 5.26 Å². The molecule has 2 aliphatic carbocycles. The van der Waals surface area contributed by atoms with Crippen molar-refractivity contribution >= 4 is 27.7 Å². The van der Waals surface area contributed by atoms with Gasteiger partial charge >= 0.3 is 12.0 Å². The van der Waals surface area contributed by atoms with Crippen molar-refractivity contribution in [3.05, 3.63) is 57.4 Å². The largest absolute Gasteiger partial charge is 0.465 e. The van der Waals surface area contributed by atoms with Crippen molar-refractivity contribution < 1.29 is 27.1 Å². The molecule has 0 atom stereocenters. The first kappa shape index (κ1) is 21.8. The highest BCUT2D eigenvalue weighted by atomic mass is 32.2. The van der Waals surface area contributed by atoms with Crippen molar-refractivity contribution in [1.82, 2.24) is 4.72 Å². The number of amides is 2. The molecule has 166 valence electrons. The number of fused-ring (bicyclic) bond motifs is 2. The van der Waals surface area contributed by atoms with E-state index >= 15 is 0 Å². The number of carbonyl (C=O) groups is 2. The fourth-order valence-corrected chi connectivity index (χ4v) is 5.52. The predicted octanol–water partition coefficient (Wildman–Crippen LogP) is 2.97. The number of hydrogen-bond donors (Lipinski definition) is 2. The lowest BCUT2D eigenvalue weighted by Crippen LogP contribution is -2.35. The minimum absolute atomic E-state index is 0.169. The number of nitrogens with one attached hydrogen (secondary N) is 2. The van der Waals surface area contributed by atoms with Crippen LogP contribution in [0.25, 0.3) is 0 Å². The summed E-state index contributed by atoms with van der Waals surface area (Å²) < 4.78 is 45.9. The molecule has 4 rings (SSSR count). The zero-order valence-corrected chi connectivity index (χ0v) is 18.1. The summed E-state index contributed by atoms with van der Waals surface area (Å²) >= 11 is 0. The maximum absolute atomic E-state index is 14.2. The lowest BCUT2D eigenvalue weighted by molar-refractivity contribution is 0.0600. The van der Waals surface area contributed by atoms with Gasteiger partial charge in [-0.25, -0.2) is 27.1 Å². The summed E-state index contributed by atoms with van der Waals surface area (Å²) in [4.78, 5) is 23.5. The number of carbonyl (C=O) groups excluding carboxylic acids is 2. The molecular weight excluding hydrogens is 437 g/mol. The topological polar surface area (TPSA) is 125 Å². The van der Waals surface area contributed by atoms with E-state index < -0.39 is 32.7 Å². The van der Waals surface area contributed by atoms with Crippen molar-refractivity contribution in [3.8, 4) is 6.07 Å². The number of esters is 1. The number of anilines is 1. The molecule has 32 heavy (non-hydrogen) atoms. The molecule has 8 nitrogen and oxygen atoms in total. The Balaban J connectivity index is 1.65. The van der Waals surface area contributed by atoms with E-state index in [0.29, 0.717) is 24.1 Å². The average Bonchev–Trinajstić information content (AvgIpc) is 3.43. The Morgan fingerprint density at radius 2 is 1.66 bits per heavy atom. The van der Waals surface area contributed by atoms with Gasteiger partial charge in [0.15, 0.2) is 0 Å². The van der Waals surface area contributed by atoms with Crippen molar-refractivity contribution in [2.75, 3.05) is 12.4 Å². The van der Waals surface area contributed by atoms with Crippen LogP contribution in [0.3, 0.4) is 0 Å². The van der Waals surface area contributed by atoms with Crippen LogP contribution in [0.2, 0.25) is 0 Å². The Kier molecular flexibility index (Phi) is 5.60. The van der Waals surface area contributed by atoms with E-state index in [1.54, 1.807) is 0 Å².